The van der Waals surface area contributed by atoms with E-state index in [1.165, 1.54) is 6.26 Å². The van der Waals surface area contributed by atoms with Gasteiger partial charge in [-0.05, 0) is 64.1 Å². The van der Waals surface area contributed by atoms with Gasteiger partial charge in [-0.15, -0.1) is 0 Å². The van der Waals surface area contributed by atoms with Crippen LogP contribution in [0, 0.1) is 0 Å². The molecule has 0 radical (unpaired) electrons. The van der Waals surface area contributed by atoms with Gasteiger partial charge in [0.2, 0.25) is 0 Å². The van der Waals surface area contributed by atoms with Crippen LogP contribution in [-0.2, 0) is 13.6 Å². The maximum absolute atomic E-state index is 14.0. The first-order valence-electron chi connectivity index (χ1n) is 9.68. The number of nitrogens with one attached hydrogen (secondary N) is 1. The van der Waals surface area contributed by atoms with E-state index in [2.05, 4.69) is 5.32 Å². The molecule has 0 bridgehead atoms. The van der Waals surface area contributed by atoms with Crippen LogP contribution < -0.4 is 10.7 Å². The van der Waals surface area contributed by atoms with Gasteiger partial charge in [-0.2, -0.15) is 0 Å². The molecule has 0 aliphatic carbocycles. The zero-order chi connectivity index (χ0) is 21.9. The third kappa shape index (κ3) is 5.13. The van der Waals surface area contributed by atoms with Crippen LogP contribution in [0.3, 0.4) is 0 Å². The minimum Gasteiger partial charge on any atom is -0.464 e. The fourth-order valence-electron chi connectivity index (χ4n) is 3.05. The van der Waals surface area contributed by atoms with Crippen LogP contribution in [-0.4, -0.2) is 12.2 Å². The summed E-state index contributed by atoms with van der Waals surface area (Å²) in [7, 11) is -3.85. The fourth-order valence-corrected chi connectivity index (χ4v) is 5.47. The maximum Gasteiger partial charge on any atom is 0.358 e. The Morgan fingerprint density at radius 3 is 2.17 bits per heavy atom. The highest BCUT2D eigenvalue weighted by atomic mass is 35.5. The summed E-state index contributed by atoms with van der Waals surface area (Å²) in [6.45, 7) is 7.05. The van der Waals surface area contributed by atoms with Crippen LogP contribution in [0.4, 0.5) is 5.69 Å². The highest BCUT2D eigenvalue weighted by molar-refractivity contribution is 7.54. The van der Waals surface area contributed by atoms with Gasteiger partial charge in [-0.25, -0.2) is 0 Å². The third-order valence-electron chi connectivity index (χ3n) is 4.18. The smallest absolute Gasteiger partial charge is 0.358 e. The first-order chi connectivity index (χ1) is 14.2. The predicted molar refractivity (Wildman–Crippen MR) is 120 cm³/mol. The second kappa shape index (κ2) is 9.36. The van der Waals surface area contributed by atoms with Gasteiger partial charge in [0.05, 0.1) is 23.2 Å². The molecule has 0 aliphatic rings. The van der Waals surface area contributed by atoms with Gasteiger partial charge in [0, 0.05) is 10.7 Å². The first kappa shape index (κ1) is 22.6. The van der Waals surface area contributed by atoms with E-state index >= 15 is 0 Å². The number of rotatable bonds is 8. The molecule has 160 valence electrons. The molecule has 0 amide bonds. The second-order valence-corrected chi connectivity index (χ2v) is 9.87. The molecule has 0 spiro atoms. The quantitative estimate of drug-likeness (QED) is 0.390. The highest BCUT2D eigenvalue weighted by Gasteiger charge is 2.41. The fraction of sp³-hybridized carbons (Fsp3) is 0.318. The lowest BCUT2D eigenvalue weighted by atomic mass is 10.1. The van der Waals surface area contributed by atoms with E-state index in [9.17, 15) is 9.36 Å². The molecule has 8 heteroatoms. The molecule has 2 aromatic carbocycles. The Morgan fingerprint density at radius 1 is 0.967 bits per heavy atom. The number of hydrogen-bond donors (Lipinski definition) is 1. The van der Waals surface area contributed by atoms with E-state index in [0.29, 0.717) is 21.7 Å². The molecule has 0 saturated carbocycles. The third-order valence-corrected chi connectivity index (χ3v) is 6.90. The Balaban J connectivity index is 2.18. The molecule has 0 fully saturated rings. The van der Waals surface area contributed by atoms with E-state index in [-0.39, 0.29) is 11.0 Å². The Morgan fingerprint density at radius 2 is 1.57 bits per heavy atom. The van der Waals surface area contributed by atoms with E-state index < -0.39 is 25.6 Å². The van der Waals surface area contributed by atoms with E-state index in [1.807, 2.05) is 0 Å². The summed E-state index contributed by atoms with van der Waals surface area (Å²) < 4.78 is 31.2. The first-order valence-corrected chi connectivity index (χ1v) is 11.7. The Kier molecular flexibility index (Phi) is 7.04. The number of hydrogen-bond acceptors (Lipinski definition) is 6. The number of anilines is 1. The van der Waals surface area contributed by atoms with E-state index in [1.54, 1.807) is 76.2 Å². The van der Waals surface area contributed by atoms with Crippen molar-refractivity contribution in [2.45, 2.75) is 45.7 Å². The van der Waals surface area contributed by atoms with Gasteiger partial charge in [-0.3, -0.25) is 9.36 Å². The zero-order valence-electron chi connectivity index (χ0n) is 17.3. The van der Waals surface area contributed by atoms with Crippen LogP contribution in [0.15, 0.2) is 64.0 Å². The van der Waals surface area contributed by atoms with Crippen LogP contribution in [0.5, 0.6) is 0 Å². The summed E-state index contributed by atoms with van der Waals surface area (Å²) >= 11 is 5.99. The standard InChI is InChI=1S/C22H25ClNO5P/c1-14(2)28-30(26,29-15(3)4)22(24-17-11-9-16(23)10-12-17)19-13-27-20-8-6-5-7-18(20)21(19)25/h5-15,22,24H,1-4H3. The highest BCUT2D eigenvalue weighted by Crippen LogP contribution is 2.62. The second-order valence-electron chi connectivity index (χ2n) is 7.42. The summed E-state index contributed by atoms with van der Waals surface area (Å²) in [6, 6.07) is 13.8. The molecule has 1 aromatic heterocycles. The summed E-state index contributed by atoms with van der Waals surface area (Å²) in [5.74, 6) is -1.08. The molecular formula is C22H25ClNO5P. The molecule has 0 saturated heterocycles. The summed E-state index contributed by atoms with van der Waals surface area (Å²) in [5.41, 5.74) is 0.911. The van der Waals surface area contributed by atoms with Crippen molar-refractivity contribution in [1.82, 2.24) is 0 Å². The monoisotopic (exact) mass is 449 g/mol. The molecule has 1 unspecified atom stereocenters. The Labute approximate surface area is 180 Å². The largest absolute Gasteiger partial charge is 0.464 e. The molecule has 0 aliphatic heterocycles. The van der Waals surface area contributed by atoms with Crippen molar-refractivity contribution >= 4 is 35.9 Å². The minimum atomic E-state index is -3.85. The number of benzene rings is 2. The van der Waals surface area contributed by atoms with Crippen molar-refractivity contribution in [3.63, 3.8) is 0 Å². The van der Waals surface area contributed by atoms with Crippen molar-refractivity contribution in [3.8, 4) is 0 Å². The van der Waals surface area contributed by atoms with Crippen molar-refractivity contribution < 1.29 is 18.0 Å². The number of para-hydroxylation sites is 1. The average molecular weight is 450 g/mol. The Hall–Kier alpha value is -2.11. The van der Waals surface area contributed by atoms with Crippen molar-refractivity contribution in [2.75, 3.05) is 5.32 Å². The van der Waals surface area contributed by atoms with Gasteiger partial charge >= 0.3 is 7.60 Å². The molecule has 30 heavy (non-hydrogen) atoms. The molecule has 6 nitrogen and oxygen atoms in total. The topological polar surface area (TPSA) is 77.8 Å². The zero-order valence-corrected chi connectivity index (χ0v) is 18.9. The van der Waals surface area contributed by atoms with Gasteiger partial charge in [-0.1, -0.05) is 23.7 Å². The normalized spacial score (nSPS) is 13.2. The summed E-state index contributed by atoms with van der Waals surface area (Å²) in [4.78, 5) is 13.3. The van der Waals surface area contributed by atoms with Crippen molar-refractivity contribution in [2.24, 2.45) is 0 Å². The molecule has 1 heterocycles. The van der Waals surface area contributed by atoms with Gasteiger partial charge in [0.15, 0.2) is 11.2 Å². The lowest BCUT2D eigenvalue weighted by molar-refractivity contribution is 0.138. The van der Waals surface area contributed by atoms with Gasteiger partial charge in [0.25, 0.3) is 0 Å². The van der Waals surface area contributed by atoms with Gasteiger partial charge < -0.3 is 18.8 Å². The number of fused-ring (bicyclic) bond motifs is 1. The predicted octanol–water partition coefficient (Wildman–Crippen LogP) is 6.60. The SMILES string of the molecule is CC(C)OP(=O)(OC(C)C)C(Nc1ccc(Cl)cc1)c1coc2ccccc2c1=O. The molecule has 3 rings (SSSR count). The average Bonchev–Trinajstić information content (AvgIpc) is 2.67. The van der Waals surface area contributed by atoms with Crippen molar-refractivity contribution in [3.05, 3.63) is 75.6 Å². The minimum absolute atomic E-state index is 0.160. The van der Waals surface area contributed by atoms with Gasteiger partial charge in [0.1, 0.15) is 11.8 Å². The summed E-state index contributed by atoms with van der Waals surface area (Å²) in [6.07, 6.45) is 0.534. The lowest BCUT2D eigenvalue weighted by Gasteiger charge is -2.30. The van der Waals surface area contributed by atoms with E-state index in [0.717, 1.165) is 0 Å². The molecule has 3 aromatic rings. The van der Waals surface area contributed by atoms with Crippen molar-refractivity contribution in [1.29, 1.82) is 0 Å². The molecular weight excluding hydrogens is 425 g/mol. The van der Waals surface area contributed by atoms with E-state index in [4.69, 9.17) is 25.1 Å². The van der Waals surface area contributed by atoms with Crippen LogP contribution in [0.25, 0.3) is 11.0 Å². The molecule has 1 atom stereocenters. The molecule has 1 N–H and O–H groups in total. The van der Waals surface area contributed by atoms with Crippen LogP contribution in [0.2, 0.25) is 5.02 Å². The van der Waals surface area contributed by atoms with Crippen LogP contribution in [0.1, 0.15) is 39.0 Å². The lowest BCUT2D eigenvalue weighted by Crippen LogP contribution is -2.24. The maximum atomic E-state index is 14.0. The Bertz CT molecular complexity index is 1100. The van der Waals surface area contributed by atoms with Crippen LogP contribution >= 0.6 is 19.2 Å². The summed E-state index contributed by atoms with van der Waals surface area (Å²) in [5, 5.41) is 4.09. The number of halogens is 1.